The Morgan fingerprint density at radius 2 is 2.26 bits per heavy atom. The fourth-order valence-corrected chi connectivity index (χ4v) is 3.67. The van der Waals surface area contributed by atoms with Crippen LogP contribution in [0.2, 0.25) is 0 Å². The summed E-state index contributed by atoms with van der Waals surface area (Å²) in [6.07, 6.45) is 4.89. The second kappa shape index (κ2) is 3.74. The number of aromatic hydroxyl groups is 1. The van der Waals surface area contributed by atoms with E-state index in [0.717, 1.165) is 25.1 Å². The van der Waals surface area contributed by atoms with Gasteiger partial charge < -0.3 is 20.3 Å². The van der Waals surface area contributed by atoms with Gasteiger partial charge in [0.2, 0.25) is 0 Å². The van der Waals surface area contributed by atoms with Crippen molar-refractivity contribution < 1.29 is 14.9 Å². The SMILES string of the molecule is Oc1ccc2c3c1O[C@H]1C[C@@H](O)C=C[C@@]31CNCC2. The Morgan fingerprint density at radius 3 is 3.16 bits per heavy atom. The third-order valence-electron chi connectivity index (χ3n) is 4.58. The lowest BCUT2D eigenvalue weighted by Gasteiger charge is -2.35. The Hall–Kier alpha value is -1.52. The minimum absolute atomic E-state index is 0.0971. The molecule has 1 aliphatic carbocycles. The van der Waals surface area contributed by atoms with Crippen molar-refractivity contribution >= 4 is 0 Å². The van der Waals surface area contributed by atoms with E-state index in [1.807, 2.05) is 12.1 Å². The van der Waals surface area contributed by atoms with Crippen LogP contribution in [0, 0.1) is 0 Å². The highest BCUT2D eigenvalue weighted by Gasteiger charge is 2.52. The van der Waals surface area contributed by atoms with Gasteiger partial charge in [0, 0.05) is 18.5 Å². The fraction of sp³-hybridized carbons (Fsp3) is 0.467. The number of aliphatic hydroxyl groups excluding tert-OH is 1. The molecule has 4 heteroatoms. The van der Waals surface area contributed by atoms with Crippen molar-refractivity contribution in [2.75, 3.05) is 13.1 Å². The maximum atomic E-state index is 10.1. The Labute approximate surface area is 111 Å². The van der Waals surface area contributed by atoms with Crippen LogP contribution >= 0.6 is 0 Å². The van der Waals surface area contributed by atoms with Crippen LogP contribution < -0.4 is 10.1 Å². The molecule has 1 spiro atoms. The molecule has 4 nitrogen and oxygen atoms in total. The van der Waals surface area contributed by atoms with E-state index in [1.54, 1.807) is 6.07 Å². The minimum atomic E-state index is -0.459. The van der Waals surface area contributed by atoms with E-state index in [-0.39, 0.29) is 17.3 Å². The van der Waals surface area contributed by atoms with Crippen molar-refractivity contribution in [3.05, 3.63) is 35.4 Å². The van der Waals surface area contributed by atoms with Crippen molar-refractivity contribution in [2.24, 2.45) is 0 Å². The predicted octanol–water partition coefficient (Wildman–Crippen LogP) is 0.857. The molecular weight excluding hydrogens is 242 g/mol. The van der Waals surface area contributed by atoms with Crippen LogP contribution in [0.4, 0.5) is 0 Å². The first kappa shape index (κ1) is 11.3. The lowest BCUT2D eigenvalue weighted by atomic mass is 9.71. The first-order chi connectivity index (χ1) is 9.21. The monoisotopic (exact) mass is 259 g/mol. The van der Waals surface area contributed by atoms with Crippen LogP contribution in [0.25, 0.3) is 0 Å². The van der Waals surface area contributed by atoms with E-state index in [4.69, 9.17) is 4.74 Å². The largest absolute Gasteiger partial charge is 0.504 e. The van der Waals surface area contributed by atoms with Gasteiger partial charge in [-0.05, 0) is 24.6 Å². The number of benzene rings is 1. The molecule has 0 saturated carbocycles. The van der Waals surface area contributed by atoms with Gasteiger partial charge in [0.25, 0.3) is 0 Å². The second-order valence-electron chi connectivity index (χ2n) is 5.68. The number of hydrogen-bond acceptors (Lipinski definition) is 4. The van der Waals surface area contributed by atoms with Crippen LogP contribution in [0.15, 0.2) is 24.3 Å². The molecule has 1 aromatic carbocycles. The molecule has 4 rings (SSSR count). The van der Waals surface area contributed by atoms with Crippen molar-refractivity contribution in [1.29, 1.82) is 0 Å². The third-order valence-corrected chi connectivity index (χ3v) is 4.58. The van der Waals surface area contributed by atoms with Gasteiger partial charge in [0.15, 0.2) is 11.5 Å². The lowest BCUT2D eigenvalue weighted by molar-refractivity contribution is 0.0879. The Balaban J connectivity index is 1.98. The van der Waals surface area contributed by atoms with E-state index in [9.17, 15) is 10.2 Å². The van der Waals surface area contributed by atoms with Gasteiger partial charge in [-0.3, -0.25) is 0 Å². The number of nitrogens with one attached hydrogen (secondary N) is 1. The highest BCUT2D eigenvalue weighted by molar-refractivity contribution is 5.60. The third kappa shape index (κ3) is 1.41. The number of aliphatic hydroxyl groups is 1. The maximum absolute atomic E-state index is 10.1. The zero-order valence-corrected chi connectivity index (χ0v) is 10.6. The number of phenols is 1. The van der Waals surface area contributed by atoms with E-state index in [2.05, 4.69) is 11.4 Å². The van der Waals surface area contributed by atoms with E-state index >= 15 is 0 Å². The average molecular weight is 259 g/mol. The first-order valence-electron chi connectivity index (χ1n) is 6.81. The van der Waals surface area contributed by atoms with Crippen LogP contribution in [0.1, 0.15) is 17.5 Å². The molecule has 1 aromatic rings. The quantitative estimate of drug-likeness (QED) is 0.605. The zero-order chi connectivity index (χ0) is 13.0. The van der Waals surface area contributed by atoms with Gasteiger partial charge in [-0.1, -0.05) is 18.2 Å². The molecule has 0 amide bonds. The Kier molecular flexibility index (Phi) is 2.23. The number of phenolic OH excluding ortho intramolecular Hbond substituents is 1. The molecule has 2 aliphatic heterocycles. The summed E-state index contributed by atoms with van der Waals surface area (Å²) in [5.74, 6) is 0.822. The van der Waals surface area contributed by atoms with Gasteiger partial charge >= 0.3 is 0 Å². The summed E-state index contributed by atoms with van der Waals surface area (Å²) < 4.78 is 5.98. The molecule has 3 atom stereocenters. The molecule has 0 saturated heterocycles. The normalized spacial score (nSPS) is 35.2. The van der Waals surface area contributed by atoms with Gasteiger partial charge in [0.1, 0.15) is 6.10 Å². The second-order valence-corrected chi connectivity index (χ2v) is 5.68. The molecule has 19 heavy (non-hydrogen) atoms. The van der Waals surface area contributed by atoms with Crippen LogP contribution in [-0.2, 0) is 11.8 Å². The molecule has 0 unspecified atom stereocenters. The summed E-state index contributed by atoms with van der Waals surface area (Å²) in [6, 6.07) is 3.71. The van der Waals surface area contributed by atoms with Crippen molar-refractivity contribution in [3.8, 4) is 11.5 Å². The standard InChI is InChI=1S/C15H17NO3/c17-10-3-5-15-8-16-6-4-9-1-2-11(18)14(13(9)15)19-12(15)7-10/h1-3,5,10,12,16-18H,4,6-8H2/t10-,12-,15-/m0/s1. The van der Waals surface area contributed by atoms with Crippen LogP contribution in [-0.4, -0.2) is 35.5 Å². The highest BCUT2D eigenvalue weighted by atomic mass is 16.5. The van der Waals surface area contributed by atoms with Crippen LogP contribution in [0.5, 0.6) is 11.5 Å². The number of rotatable bonds is 0. The summed E-state index contributed by atoms with van der Waals surface area (Å²) in [5.41, 5.74) is 2.12. The molecule has 3 aliphatic rings. The topological polar surface area (TPSA) is 61.7 Å². The fourth-order valence-electron chi connectivity index (χ4n) is 3.67. The average Bonchev–Trinajstić information content (AvgIpc) is 2.61. The van der Waals surface area contributed by atoms with E-state index in [1.165, 1.54) is 5.56 Å². The van der Waals surface area contributed by atoms with Crippen molar-refractivity contribution in [1.82, 2.24) is 5.32 Å². The highest BCUT2D eigenvalue weighted by Crippen LogP contribution is 2.53. The summed E-state index contributed by atoms with van der Waals surface area (Å²) in [6.45, 7) is 1.73. The molecule has 0 fully saturated rings. The summed E-state index contributed by atoms with van der Waals surface area (Å²) >= 11 is 0. The van der Waals surface area contributed by atoms with Crippen LogP contribution in [0.3, 0.4) is 0 Å². The van der Waals surface area contributed by atoms with Gasteiger partial charge in [-0.25, -0.2) is 0 Å². The minimum Gasteiger partial charge on any atom is -0.504 e. The molecule has 0 aromatic heterocycles. The summed E-state index contributed by atoms with van der Waals surface area (Å²) in [4.78, 5) is 0. The first-order valence-corrected chi connectivity index (χ1v) is 6.81. The molecule has 0 bridgehead atoms. The maximum Gasteiger partial charge on any atom is 0.165 e. The Morgan fingerprint density at radius 1 is 1.37 bits per heavy atom. The number of ether oxygens (including phenoxy) is 1. The molecular formula is C15H17NO3. The number of hydrogen-bond donors (Lipinski definition) is 3. The smallest absolute Gasteiger partial charge is 0.165 e. The molecule has 3 N–H and O–H groups in total. The zero-order valence-electron chi connectivity index (χ0n) is 10.6. The van der Waals surface area contributed by atoms with Gasteiger partial charge in [-0.15, -0.1) is 0 Å². The van der Waals surface area contributed by atoms with Crippen molar-refractivity contribution in [3.63, 3.8) is 0 Å². The predicted molar refractivity (Wildman–Crippen MR) is 70.5 cm³/mol. The van der Waals surface area contributed by atoms with Gasteiger partial charge in [0.05, 0.1) is 11.5 Å². The van der Waals surface area contributed by atoms with E-state index < -0.39 is 6.10 Å². The molecule has 0 radical (unpaired) electrons. The van der Waals surface area contributed by atoms with Crippen molar-refractivity contribution in [2.45, 2.75) is 30.5 Å². The Bertz CT molecular complexity index is 569. The summed E-state index contributed by atoms with van der Waals surface area (Å²) in [5, 5.41) is 23.3. The molecule has 100 valence electrons. The molecule has 2 heterocycles. The summed E-state index contributed by atoms with van der Waals surface area (Å²) in [7, 11) is 0. The lowest BCUT2D eigenvalue weighted by Crippen LogP contribution is -2.47. The van der Waals surface area contributed by atoms with E-state index in [0.29, 0.717) is 12.2 Å². The van der Waals surface area contributed by atoms with Gasteiger partial charge in [-0.2, -0.15) is 0 Å².